The highest BCUT2D eigenvalue weighted by Crippen LogP contribution is 2.25. The van der Waals surface area contributed by atoms with Crippen molar-refractivity contribution in [3.63, 3.8) is 0 Å². The summed E-state index contributed by atoms with van der Waals surface area (Å²) < 4.78 is 0. The smallest absolute Gasteiger partial charge is 0.00116 e. The van der Waals surface area contributed by atoms with Gasteiger partial charge in [-0.1, -0.05) is 43.8 Å². The molecule has 0 radical (unpaired) electrons. The van der Waals surface area contributed by atoms with Crippen molar-refractivity contribution >= 4 is 0 Å². The predicted octanol–water partition coefficient (Wildman–Crippen LogP) is 4.05. The molecule has 0 saturated heterocycles. The average molecular weight is 221 g/mol. The Hall–Kier alpha value is -0.300. The first-order valence-corrected chi connectivity index (χ1v) is 7.34. The molecule has 1 nitrogen and oxygen atoms in total. The lowest BCUT2D eigenvalue weighted by molar-refractivity contribution is 0.334. The maximum Gasteiger partial charge on any atom is -0.00116 e. The average Bonchev–Trinajstić information content (AvgIpc) is 2.83. The third-order valence-electron chi connectivity index (χ3n) is 4.21. The molecule has 2 rings (SSSR count). The van der Waals surface area contributed by atoms with E-state index in [1.165, 1.54) is 77.3 Å². The fraction of sp³-hybridized carbons (Fsp3) is 0.867. The number of nitrogens with one attached hydrogen (secondary N) is 1. The molecule has 0 aromatic heterocycles. The molecule has 0 bridgehead atoms. The van der Waals surface area contributed by atoms with Crippen molar-refractivity contribution in [3.8, 4) is 0 Å². The van der Waals surface area contributed by atoms with E-state index in [-0.39, 0.29) is 0 Å². The standard InChI is InChI=1S/C15H27N/c1-2-6-14(7-3-1)10-12-16-13-11-15-8-4-5-9-15/h8,14,16H,1-7,9-13H2. The van der Waals surface area contributed by atoms with Crippen molar-refractivity contribution in [2.45, 2.75) is 64.2 Å². The van der Waals surface area contributed by atoms with Gasteiger partial charge in [-0.15, -0.1) is 0 Å². The Morgan fingerprint density at radius 2 is 1.94 bits per heavy atom. The second-order valence-corrected chi connectivity index (χ2v) is 5.55. The quantitative estimate of drug-likeness (QED) is 0.527. The van der Waals surface area contributed by atoms with Crippen LogP contribution in [0.5, 0.6) is 0 Å². The normalized spacial score (nSPS) is 22.4. The van der Waals surface area contributed by atoms with E-state index in [0.717, 1.165) is 5.92 Å². The minimum Gasteiger partial charge on any atom is -0.316 e. The number of allylic oxidation sites excluding steroid dienone is 1. The first-order chi connectivity index (χ1) is 7.95. The van der Waals surface area contributed by atoms with Gasteiger partial charge >= 0.3 is 0 Å². The summed E-state index contributed by atoms with van der Waals surface area (Å²) >= 11 is 0. The molecule has 2 aliphatic carbocycles. The van der Waals surface area contributed by atoms with E-state index in [9.17, 15) is 0 Å². The third-order valence-corrected chi connectivity index (χ3v) is 4.21. The van der Waals surface area contributed by atoms with Crippen molar-refractivity contribution < 1.29 is 0 Å². The maximum absolute atomic E-state index is 3.62. The summed E-state index contributed by atoms with van der Waals surface area (Å²) in [5.41, 5.74) is 1.70. The van der Waals surface area contributed by atoms with Gasteiger partial charge in [0.25, 0.3) is 0 Å². The minimum absolute atomic E-state index is 1.03. The molecule has 0 amide bonds. The summed E-state index contributed by atoms with van der Waals surface area (Å²) in [5, 5.41) is 3.62. The van der Waals surface area contributed by atoms with Crippen LogP contribution in [0.2, 0.25) is 0 Å². The van der Waals surface area contributed by atoms with Crippen LogP contribution in [0.3, 0.4) is 0 Å². The molecular formula is C15H27N. The van der Waals surface area contributed by atoms with Gasteiger partial charge in [-0.3, -0.25) is 0 Å². The van der Waals surface area contributed by atoms with Crippen molar-refractivity contribution in [2.75, 3.05) is 13.1 Å². The van der Waals surface area contributed by atoms with Gasteiger partial charge in [-0.25, -0.2) is 0 Å². The van der Waals surface area contributed by atoms with Crippen LogP contribution in [-0.2, 0) is 0 Å². The molecule has 0 aliphatic heterocycles. The van der Waals surface area contributed by atoms with Crippen LogP contribution in [0, 0.1) is 5.92 Å². The van der Waals surface area contributed by atoms with Crippen molar-refractivity contribution in [1.29, 1.82) is 0 Å². The van der Waals surface area contributed by atoms with Crippen LogP contribution in [-0.4, -0.2) is 13.1 Å². The fourth-order valence-electron chi connectivity index (χ4n) is 3.12. The Kier molecular flexibility index (Phi) is 5.41. The van der Waals surface area contributed by atoms with E-state index >= 15 is 0 Å². The highest BCUT2D eigenvalue weighted by atomic mass is 14.8. The van der Waals surface area contributed by atoms with Crippen LogP contribution in [0.15, 0.2) is 11.6 Å². The zero-order valence-corrected chi connectivity index (χ0v) is 10.6. The molecule has 16 heavy (non-hydrogen) atoms. The Balaban J connectivity index is 1.45. The Morgan fingerprint density at radius 1 is 1.06 bits per heavy atom. The molecule has 0 aromatic rings. The number of hydrogen-bond acceptors (Lipinski definition) is 1. The largest absolute Gasteiger partial charge is 0.316 e. The van der Waals surface area contributed by atoms with Gasteiger partial charge in [0, 0.05) is 0 Å². The summed E-state index contributed by atoms with van der Waals surface area (Å²) in [6.45, 7) is 2.45. The number of hydrogen-bond donors (Lipinski definition) is 1. The van der Waals surface area contributed by atoms with Crippen LogP contribution in [0.1, 0.15) is 64.2 Å². The molecule has 1 N–H and O–H groups in total. The predicted molar refractivity (Wildman–Crippen MR) is 70.6 cm³/mol. The van der Waals surface area contributed by atoms with E-state index in [0.29, 0.717) is 0 Å². The molecule has 0 atom stereocenters. The van der Waals surface area contributed by atoms with Gasteiger partial charge in [0.15, 0.2) is 0 Å². The monoisotopic (exact) mass is 221 g/mol. The molecule has 0 aromatic carbocycles. The van der Waals surface area contributed by atoms with Crippen molar-refractivity contribution in [2.24, 2.45) is 5.92 Å². The Morgan fingerprint density at radius 3 is 2.69 bits per heavy atom. The van der Waals surface area contributed by atoms with Crippen LogP contribution >= 0.6 is 0 Å². The molecule has 1 fully saturated rings. The van der Waals surface area contributed by atoms with Gasteiger partial charge in [0.05, 0.1) is 0 Å². The SMILES string of the molecule is C1=C(CCNCCC2CCCCC2)CCC1. The lowest BCUT2D eigenvalue weighted by Gasteiger charge is -2.21. The molecule has 0 spiro atoms. The molecule has 92 valence electrons. The minimum atomic E-state index is 1.03. The lowest BCUT2D eigenvalue weighted by Crippen LogP contribution is -2.20. The highest BCUT2D eigenvalue weighted by Gasteiger charge is 2.12. The maximum atomic E-state index is 3.62. The lowest BCUT2D eigenvalue weighted by atomic mass is 9.87. The van der Waals surface area contributed by atoms with Crippen molar-refractivity contribution in [1.82, 2.24) is 5.32 Å². The van der Waals surface area contributed by atoms with E-state index in [2.05, 4.69) is 11.4 Å². The fourth-order valence-corrected chi connectivity index (χ4v) is 3.12. The highest BCUT2D eigenvalue weighted by molar-refractivity contribution is 5.07. The summed E-state index contributed by atoms with van der Waals surface area (Å²) in [6.07, 6.45) is 16.7. The summed E-state index contributed by atoms with van der Waals surface area (Å²) in [6, 6.07) is 0. The zero-order valence-electron chi connectivity index (χ0n) is 10.6. The second kappa shape index (κ2) is 7.11. The summed E-state index contributed by atoms with van der Waals surface area (Å²) in [7, 11) is 0. The summed E-state index contributed by atoms with van der Waals surface area (Å²) in [5.74, 6) is 1.03. The third kappa shape index (κ3) is 4.29. The molecule has 2 aliphatic rings. The first kappa shape index (κ1) is 12.2. The second-order valence-electron chi connectivity index (χ2n) is 5.55. The topological polar surface area (TPSA) is 12.0 Å². The van der Waals surface area contributed by atoms with Gasteiger partial charge in [-0.2, -0.15) is 0 Å². The molecule has 1 heteroatoms. The molecular weight excluding hydrogens is 194 g/mol. The van der Waals surface area contributed by atoms with Gasteiger partial charge in [-0.05, 0) is 51.1 Å². The van der Waals surface area contributed by atoms with E-state index < -0.39 is 0 Å². The first-order valence-electron chi connectivity index (χ1n) is 7.34. The van der Waals surface area contributed by atoms with Gasteiger partial charge in [0.1, 0.15) is 0 Å². The van der Waals surface area contributed by atoms with Crippen LogP contribution < -0.4 is 5.32 Å². The zero-order chi connectivity index (χ0) is 11.1. The van der Waals surface area contributed by atoms with E-state index in [4.69, 9.17) is 0 Å². The van der Waals surface area contributed by atoms with Gasteiger partial charge < -0.3 is 5.32 Å². The number of rotatable bonds is 6. The molecule has 0 heterocycles. The van der Waals surface area contributed by atoms with Crippen LogP contribution in [0.25, 0.3) is 0 Å². The molecule has 1 saturated carbocycles. The van der Waals surface area contributed by atoms with E-state index in [1.807, 2.05) is 0 Å². The summed E-state index contributed by atoms with van der Waals surface area (Å²) in [4.78, 5) is 0. The van der Waals surface area contributed by atoms with Crippen LogP contribution in [0.4, 0.5) is 0 Å². The Labute approximate surface area is 101 Å². The van der Waals surface area contributed by atoms with Crippen molar-refractivity contribution in [3.05, 3.63) is 11.6 Å². The van der Waals surface area contributed by atoms with E-state index in [1.54, 1.807) is 5.57 Å². The van der Waals surface area contributed by atoms with Gasteiger partial charge in [0.2, 0.25) is 0 Å². The molecule has 0 unspecified atom stereocenters. The Bertz CT molecular complexity index is 213.